The molecule has 1 N–H and O–H groups in total. The molecule has 0 saturated heterocycles. The van der Waals surface area contributed by atoms with E-state index in [1.54, 1.807) is 12.1 Å². The number of nitrogens with zero attached hydrogens (tertiary/aromatic N) is 2. The van der Waals surface area contributed by atoms with E-state index in [0.717, 1.165) is 5.56 Å². The summed E-state index contributed by atoms with van der Waals surface area (Å²) in [5.41, 5.74) is 1.87. The van der Waals surface area contributed by atoms with Gasteiger partial charge in [0.15, 0.2) is 11.6 Å². The first-order valence-corrected chi connectivity index (χ1v) is 5.99. The number of hydrogen-bond acceptors (Lipinski definition) is 3. The van der Waals surface area contributed by atoms with Gasteiger partial charge in [0.2, 0.25) is 0 Å². The quantitative estimate of drug-likeness (QED) is 0.915. The summed E-state index contributed by atoms with van der Waals surface area (Å²) in [7, 11) is 0. The molecule has 0 saturated carbocycles. The number of rotatable bonds is 2. The molecule has 0 unspecified atom stereocenters. The van der Waals surface area contributed by atoms with E-state index in [4.69, 9.17) is 5.26 Å². The van der Waals surface area contributed by atoms with Gasteiger partial charge in [0.05, 0.1) is 11.3 Å². The third kappa shape index (κ3) is 2.49. The van der Waals surface area contributed by atoms with Crippen molar-refractivity contribution in [3.05, 3.63) is 51.9 Å². The van der Waals surface area contributed by atoms with Crippen LogP contribution in [0.1, 0.15) is 11.1 Å². The molecule has 0 fully saturated rings. The van der Waals surface area contributed by atoms with Crippen molar-refractivity contribution >= 4 is 27.4 Å². The van der Waals surface area contributed by atoms with Gasteiger partial charge in [0.1, 0.15) is 6.07 Å². The van der Waals surface area contributed by atoms with Crippen LogP contribution in [-0.4, -0.2) is 4.98 Å². The summed E-state index contributed by atoms with van der Waals surface area (Å²) in [5.74, 6) is -0.380. The Morgan fingerprint density at radius 2 is 2.22 bits per heavy atom. The van der Waals surface area contributed by atoms with E-state index in [2.05, 4.69) is 32.3 Å². The summed E-state index contributed by atoms with van der Waals surface area (Å²) in [6.07, 6.45) is 1.49. The lowest BCUT2D eigenvalue weighted by Crippen LogP contribution is -2.00. The standard InChI is InChI=1S/C13H9BrFN3/c1-8-3-2-4-12(10(8)6-16)18-13-11(15)5-9(14)7-17-13/h2-5,7H,1H3,(H,17,18). The average molecular weight is 306 g/mol. The number of nitriles is 1. The van der Waals surface area contributed by atoms with Crippen LogP contribution in [0.25, 0.3) is 0 Å². The molecule has 0 aliphatic heterocycles. The minimum Gasteiger partial charge on any atom is -0.337 e. The van der Waals surface area contributed by atoms with Crippen LogP contribution in [0.4, 0.5) is 15.9 Å². The Hall–Kier alpha value is -1.93. The molecule has 2 rings (SSSR count). The van der Waals surface area contributed by atoms with Crippen LogP contribution >= 0.6 is 15.9 Å². The molecule has 90 valence electrons. The van der Waals surface area contributed by atoms with Crippen molar-refractivity contribution in [2.24, 2.45) is 0 Å². The highest BCUT2D eigenvalue weighted by Crippen LogP contribution is 2.24. The predicted octanol–water partition coefficient (Wildman–Crippen LogP) is 3.91. The zero-order valence-corrected chi connectivity index (χ0v) is 11.1. The number of halogens is 2. The minimum absolute atomic E-state index is 0.0975. The number of pyridine rings is 1. The highest BCUT2D eigenvalue weighted by atomic mass is 79.9. The van der Waals surface area contributed by atoms with Crippen LogP contribution in [0.5, 0.6) is 0 Å². The van der Waals surface area contributed by atoms with E-state index in [1.165, 1.54) is 12.3 Å². The van der Waals surface area contributed by atoms with Crippen LogP contribution in [0.3, 0.4) is 0 Å². The number of benzene rings is 1. The first-order valence-electron chi connectivity index (χ1n) is 5.19. The molecule has 2 aromatic rings. The van der Waals surface area contributed by atoms with Crippen LogP contribution in [0.2, 0.25) is 0 Å². The van der Waals surface area contributed by atoms with Crippen molar-refractivity contribution < 1.29 is 4.39 Å². The fourth-order valence-electron chi connectivity index (χ4n) is 1.55. The van der Waals surface area contributed by atoms with E-state index in [1.807, 2.05) is 13.0 Å². The smallest absolute Gasteiger partial charge is 0.166 e. The van der Waals surface area contributed by atoms with Crippen molar-refractivity contribution in [3.8, 4) is 6.07 Å². The molecule has 18 heavy (non-hydrogen) atoms. The Bertz CT molecular complexity index is 635. The normalized spacial score (nSPS) is 9.89. The van der Waals surface area contributed by atoms with E-state index in [-0.39, 0.29) is 5.82 Å². The van der Waals surface area contributed by atoms with Crippen LogP contribution in [0.15, 0.2) is 34.9 Å². The van der Waals surface area contributed by atoms with Gasteiger partial charge in [0, 0.05) is 10.7 Å². The largest absolute Gasteiger partial charge is 0.337 e. The lowest BCUT2D eigenvalue weighted by molar-refractivity contribution is 0.625. The summed E-state index contributed by atoms with van der Waals surface area (Å²) in [6, 6.07) is 8.76. The number of aryl methyl sites for hydroxylation is 1. The van der Waals surface area contributed by atoms with Crippen molar-refractivity contribution in [1.29, 1.82) is 5.26 Å². The number of aromatic nitrogens is 1. The van der Waals surface area contributed by atoms with E-state index >= 15 is 0 Å². The van der Waals surface area contributed by atoms with E-state index in [0.29, 0.717) is 15.7 Å². The van der Waals surface area contributed by atoms with Gasteiger partial charge in [-0.1, -0.05) is 12.1 Å². The predicted molar refractivity (Wildman–Crippen MR) is 71.1 cm³/mol. The Morgan fingerprint density at radius 1 is 1.44 bits per heavy atom. The molecular weight excluding hydrogens is 297 g/mol. The monoisotopic (exact) mass is 305 g/mol. The van der Waals surface area contributed by atoms with Gasteiger partial charge >= 0.3 is 0 Å². The first kappa shape index (κ1) is 12.5. The van der Waals surface area contributed by atoms with Gasteiger partial charge in [-0.15, -0.1) is 0 Å². The molecule has 0 aliphatic carbocycles. The van der Waals surface area contributed by atoms with Crippen LogP contribution in [-0.2, 0) is 0 Å². The van der Waals surface area contributed by atoms with Gasteiger partial charge in [-0.05, 0) is 40.5 Å². The van der Waals surface area contributed by atoms with Gasteiger partial charge in [-0.2, -0.15) is 5.26 Å². The molecule has 1 aromatic carbocycles. The fourth-order valence-corrected chi connectivity index (χ4v) is 1.86. The van der Waals surface area contributed by atoms with Gasteiger partial charge in [-0.3, -0.25) is 0 Å². The molecule has 5 heteroatoms. The molecular formula is C13H9BrFN3. The Balaban J connectivity index is 2.41. The summed E-state index contributed by atoms with van der Waals surface area (Å²) in [6.45, 7) is 1.83. The van der Waals surface area contributed by atoms with Crippen LogP contribution < -0.4 is 5.32 Å². The molecule has 1 aromatic heterocycles. The Morgan fingerprint density at radius 3 is 2.89 bits per heavy atom. The van der Waals surface area contributed by atoms with Crippen molar-refractivity contribution in [3.63, 3.8) is 0 Å². The van der Waals surface area contributed by atoms with Gasteiger partial charge in [-0.25, -0.2) is 9.37 Å². The van der Waals surface area contributed by atoms with E-state index in [9.17, 15) is 4.39 Å². The lowest BCUT2D eigenvalue weighted by atomic mass is 10.1. The molecule has 0 bridgehead atoms. The molecule has 0 atom stereocenters. The maximum absolute atomic E-state index is 13.6. The third-order valence-electron chi connectivity index (χ3n) is 2.45. The number of anilines is 2. The topological polar surface area (TPSA) is 48.7 Å². The van der Waals surface area contributed by atoms with Crippen molar-refractivity contribution in [2.75, 3.05) is 5.32 Å². The molecule has 0 aliphatic rings. The van der Waals surface area contributed by atoms with Gasteiger partial charge < -0.3 is 5.32 Å². The minimum atomic E-state index is -0.477. The number of hydrogen-bond donors (Lipinski definition) is 1. The summed E-state index contributed by atoms with van der Waals surface area (Å²) in [4.78, 5) is 3.94. The van der Waals surface area contributed by atoms with Crippen molar-refractivity contribution in [2.45, 2.75) is 6.92 Å². The highest BCUT2D eigenvalue weighted by molar-refractivity contribution is 9.10. The maximum atomic E-state index is 13.6. The Labute approximate surface area is 112 Å². The second kappa shape index (κ2) is 5.15. The lowest BCUT2D eigenvalue weighted by Gasteiger charge is -2.09. The summed E-state index contributed by atoms with van der Waals surface area (Å²) < 4.78 is 14.2. The van der Waals surface area contributed by atoms with Crippen LogP contribution in [0, 0.1) is 24.1 Å². The molecule has 0 amide bonds. The second-order valence-electron chi connectivity index (χ2n) is 3.72. The first-order chi connectivity index (χ1) is 8.61. The highest BCUT2D eigenvalue weighted by Gasteiger charge is 2.09. The third-order valence-corrected chi connectivity index (χ3v) is 2.88. The average Bonchev–Trinajstić information content (AvgIpc) is 2.33. The zero-order valence-electron chi connectivity index (χ0n) is 9.54. The van der Waals surface area contributed by atoms with Crippen molar-refractivity contribution in [1.82, 2.24) is 4.98 Å². The number of nitrogens with one attached hydrogen (secondary N) is 1. The molecule has 1 heterocycles. The molecule has 0 radical (unpaired) electrons. The van der Waals surface area contributed by atoms with Gasteiger partial charge in [0.25, 0.3) is 0 Å². The summed E-state index contributed by atoms with van der Waals surface area (Å²) >= 11 is 3.14. The summed E-state index contributed by atoms with van der Waals surface area (Å²) in [5, 5.41) is 11.9. The molecule has 3 nitrogen and oxygen atoms in total. The maximum Gasteiger partial charge on any atom is 0.166 e. The van der Waals surface area contributed by atoms with E-state index < -0.39 is 5.82 Å². The molecule has 0 spiro atoms. The zero-order chi connectivity index (χ0) is 13.1. The Kier molecular flexibility index (Phi) is 3.58. The SMILES string of the molecule is Cc1cccc(Nc2ncc(Br)cc2F)c1C#N. The fraction of sp³-hybridized carbons (Fsp3) is 0.0769. The second-order valence-corrected chi connectivity index (χ2v) is 4.63.